The van der Waals surface area contributed by atoms with Gasteiger partial charge in [0, 0.05) is 12.6 Å². The number of carbonyl (C=O) groups excluding carboxylic acids is 3. The first-order valence-corrected chi connectivity index (χ1v) is 8.26. The van der Waals surface area contributed by atoms with E-state index in [2.05, 4.69) is 5.32 Å². The van der Waals surface area contributed by atoms with Gasteiger partial charge in [-0.2, -0.15) is 0 Å². The monoisotopic (exact) mass is 336 g/mol. The molecule has 1 N–H and O–H groups in total. The summed E-state index contributed by atoms with van der Waals surface area (Å²) in [5.74, 6) is -0.969. The first kappa shape index (κ1) is 16.9. The summed E-state index contributed by atoms with van der Waals surface area (Å²) < 4.78 is 0. The van der Waals surface area contributed by atoms with Crippen molar-refractivity contribution in [1.29, 1.82) is 0 Å². The molecule has 0 spiro atoms. The molecule has 1 aliphatic heterocycles. The lowest BCUT2D eigenvalue weighted by Gasteiger charge is -2.18. The highest BCUT2D eigenvalue weighted by atomic mass is 16.2. The van der Waals surface area contributed by atoms with E-state index >= 15 is 0 Å². The number of hydrogen-bond acceptors (Lipinski definition) is 3. The fourth-order valence-electron chi connectivity index (χ4n) is 2.96. The van der Waals surface area contributed by atoms with E-state index in [1.54, 1.807) is 12.1 Å². The normalized spacial score (nSPS) is 14.4. The second kappa shape index (κ2) is 6.51. The summed E-state index contributed by atoms with van der Waals surface area (Å²) >= 11 is 0. The second-order valence-corrected chi connectivity index (χ2v) is 6.27. The molecule has 0 bridgehead atoms. The highest BCUT2D eigenvalue weighted by molar-refractivity contribution is 6.21. The van der Waals surface area contributed by atoms with Crippen LogP contribution in [-0.2, 0) is 0 Å². The first-order chi connectivity index (χ1) is 11.9. The van der Waals surface area contributed by atoms with Crippen molar-refractivity contribution in [3.05, 3.63) is 70.3 Å². The lowest BCUT2D eigenvalue weighted by molar-refractivity contribution is 0.0693. The second-order valence-electron chi connectivity index (χ2n) is 6.27. The Morgan fingerprint density at radius 1 is 1.04 bits per heavy atom. The van der Waals surface area contributed by atoms with Gasteiger partial charge >= 0.3 is 0 Å². The van der Waals surface area contributed by atoms with Crippen molar-refractivity contribution in [2.45, 2.75) is 26.3 Å². The molecule has 3 rings (SSSR count). The molecular formula is C20H20N2O3. The van der Waals surface area contributed by atoms with E-state index in [0.717, 1.165) is 22.4 Å². The maximum atomic E-state index is 12.6. The number of aryl methyl sites for hydroxylation is 1. The van der Waals surface area contributed by atoms with Gasteiger partial charge in [-0.3, -0.25) is 19.3 Å². The van der Waals surface area contributed by atoms with Crippen LogP contribution in [0.25, 0.3) is 0 Å². The maximum Gasteiger partial charge on any atom is 0.261 e. The number of nitrogens with one attached hydrogen (secondary N) is 1. The summed E-state index contributed by atoms with van der Waals surface area (Å²) in [5, 5.41) is 3.00. The van der Waals surface area contributed by atoms with Crippen LogP contribution in [0.5, 0.6) is 0 Å². The van der Waals surface area contributed by atoms with Gasteiger partial charge in [0.2, 0.25) is 0 Å². The zero-order chi connectivity index (χ0) is 18.1. The van der Waals surface area contributed by atoms with Gasteiger partial charge in [0.05, 0.1) is 17.2 Å². The Bertz CT molecular complexity index is 856. The minimum atomic E-state index is -0.375. The number of benzene rings is 2. The number of hydrogen-bond donors (Lipinski definition) is 1. The zero-order valence-electron chi connectivity index (χ0n) is 14.5. The van der Waals surface area contributed by atoms with Gasteiger partial charge in [-0.15, -0.1) is 0 Å². The summed E-state index contributed by atoms with van der Waals surface area (Å²) in [6.45, 7) is 4.02. The minimum absolute atomic E-state index is 0.110. The van der Waals surface area contributed by atoms with E-state index in [9.17, 15) is 14.4 Å². The molecule has 5 heteroatoms. The van der Waals surface area contributed by atoms with Gasteiger partial charge in [0.1, 0.15) is 0 Å². The van der Waals surface area contributed by atoms with Crippen molar-refractivity contribution in [2.24, 2.45) is 0 Å². The van der Waals surface area contributed by atoms with E-state index in [1.165, 1.54) is 13.1 Å². The lowest BCUT2D eigenvalue weighted by Crippen LogP contribution is -2.28. The Hall–Kier alpha value is -2.95. The molecule has 1 atom stereocenters. The first-order valence-electron chi connectivity index (χ1n) is 8.26. The molecule has 0 radical (unpaired) electrons. The third-order valence-corrected chi connectivity index (χ3v) is 4.55. The van der Waals surface area contributed by atoms with E-state index in [0.29, 0.717) is 11.1 Å². The largest absolute Gasteiger partial charge is 0.345 e. The molecule has 2 aromatic rings. The molecule has 0 fully saturated rings. The Morgan fingerprint density at radius 2 is 1.68 bits per heavy atom. The smallest absolute Gasteiger partial charge is 0.261 e. The molecule has 1 heterocycles. The van der Waals surface area contributed by atoms with Crippen molar-refractivity contribution in [1.82, 2.24) is 10.2 Å². The van der Waals surface area contributed by atoms with Gasteiger partial charge in [-0.25, -0.2) is 0 Å². The standard InChI is InChI=1S/C20H20N2O3/c1-4-17(13-7-5-12(2)6-8-13)21-18(23)14-9-10-15-16(11-14)20(25)22(3)19(15)24/h5-11,17H,4H2,1-3H3,(H,21,23)/t17-/m1/s1. The number of amides is 3. The SMILES string of the molecule is CC[C@@H](NC(=O)c1ccc2c(c1)C(=O)N(C)C2=O)c1ccc(C)cc1. The molecule has 5 nitrogen and oxygen atoms in total. The van der Waals surface area contributed by atoms with Gasteiger partial charge in [0.15, 0.2) is 0 Å². The third-order valence-electron chi connectivity index (χ3n) is 4.55. The number of carbonyl (C=O) groups is 3. The van der Waals surface area contributed by atoms with Crippen molar-refractivity contribution in [3.63, 3.8) is 0 Å². The van der Waals surface area contributed by atoms with Crippen LogP contribution in [0.3, 0.4) is 0 Å². The fraction of sp³-hybridized carbons (Fsp3) is 0.250. The lowest BCUT2D eigenvalue weighted by atomic mass is 10.0. The predicted octanol–water partition coefficient (Wildman–Crippen LogP) is 3.10. The van der Waals surface area contributed by atoms with Gasteiger partial charge in [-0.05, 0) is 37.1 Å². The molecular weight excluding hydrogens is 316 g/mol. The van der Waals surface area contributed by atoms with Crippen LogP contribution >= 0.6 is 0 Å². The van der Waals surface area contributed by atoms with Crippen molar-refractivity contribution in [2.75, 3.05) is 7.05 Å². The molecule has 0 saturated carbocycles. The summed E-state index contributed by atoms with van der Waals surface area (Å²) in [4.78, 5) is 37.7. The van der Waals surface area contributed by atoms with Gasteiger partial charge in [-0.1, -0.05) is 36.8 Å². The van der Waals surface area contributed by atoms with Crippen LogP contribution in [0.4, 0.5) is 0 Å². The topological polar surface area (TPSA) is 66.5 Å². The summed E-state index contributed by atoms with van der Waals surface area (Å²) in [6.07, 6.45) is 0.750. The van der Waals surface area contributed by atoms with E-state index < -0.39 is 0 Å². The van der Waals surface area contributed by atoms with Crippen molar-refractivity contribution < 1.29 is 14.4 Å². The molecule has 0 unspecified atom stereocenters. The molecule has 128 valence electrons. The number of imide groups is 1. The van der Waals surface area contributed by atoms with E-state index in [1.807, 2.05) is 38.1 Å². The predicted molar refractivity (Wildman–Crippen MR) is 94.5 cm³/mol. The highest BCUT2D eigenvalue weighted by Gasteiger charge is 2.33. The Balaban J connectivity index is 1.83. The van der Waals surface area contributed by atoms with Crippen molar-refractivity contribution in [3.8, 4) is 0 Å². The molecule has 1 aliphatic rings. The van der Waals surface area contributed by atoms with Crippen LogP contribution in [0.15, 0.2) is 42.5 Å². The quantitative estimate of drug-likeness (QED) is 0.873. The summed E-state index contributed by atoms with van der Waals surface area (Å²) in [5.41, 5.74) is 3.20. The van der Waals surface area contributed by atoms with Crippen LogP contribution in [0, 0.1) is 6.92 Å². The summed E-state index contributed by atoms with van der Waals surface area (Å²) in [7, 11) is 1.44. The third kappa shape index (κ3) is 3.05. The van der Waals surface area contributed by atoms with Crippen LogP contribution in [0.2, 0.25) is 0 Å². The average Bonchev–Trinajstić information content (AvgIpc) is 2.84. The molecule has 0 saturated heterocycles. The number of rotatable bonds is 4. The maximum absolute atomic E-state index is 12.6. The molecule has 0 aliphatic carbocycles. The number of fused-ring (bicyclic) bond motifs is 1. The van der Waals surface area contributed by atoms with Gasteiger partial charge in [0.25, 0.3) is 17.7 Å². The molecule has 2 aromatic carbocycles. The molecule has 25 heavy (non-hydrogen) atoms. The average molecular weight is 336 g/mol. The Labute approximate surface area is 146 Å². The van der Waals surface area contributed by atoms with Crippen molar-refractivity contribution >= 4 is 17.7 Å². The molecule has 3 amide bonds. The van der Waals surface area contributed by atoms with Gasteiger partial charge < -0.3 is 5.32 Å². The Kier molecular flexibility index (Phi) is 4.40. The van der Waals surface area contributed by atoms with E-state index in [4.69, 9.17) is 0 Å². The summed E-state index contributed by atoms with van der Waals surface area (Å²) in [6, 6.07) is 12.5. The molecule has 0 aromatic heterocycles. The van der Waals surface area contributed by atoms with Crippen LogP contribution in [0.1, 0.15) is 61.6 Å². The Morgan fingerprint density at radius 3 is 2.32 bits per heavy atom. The minimum Gasteiger partial charge on any atom is -0.345 e. The van der Waals surface area contributed by atoms with Crippen LogP contribution < -0.4 is 5.32 Å². The van der Waals surface area contributed by atoms with E-state index in [-0.39, 0.29) is 29.3 Å². The zero-order valence-corrected chi connectivity index (χ0v) is 14.5. The highest BCUT2D eigenvalue weighted by Crippen LogP contribution is 2.23. The number of nitrogens with zero attached hydrogens (tertiary/aromatic N) is 1. The fourth-order valence-corrected chi connectivity index (χ4v) is 2.96. The van der Waals surface area contributed by atoms with Crippen LogP contribution in [-0.4, -0.2) is 29.7 Å².